The minimum absolute atomic E-state index is 0.0100. The molecule has 0 heterocycles. The molecule has 0 aromatic heterocycles. The Balaban J connectivity index is 0.00000106. The van der Waals surface area contributed by atoms with Crippen LogP contribution in [0.15, 0.2) is 17.1 Å². The number of ether oxygens (including phenoxy) is 1. The van der Waals surface area contributed by atoms with Crippen LogP contribution in [0, 0.1) is 17.1 Å². The zero-order valence-corrected chi connectivity index (χ0v) is 10.1. The molecule has 0 radical (unpaired) electrons. The molecule has 0 aliphatic rings. The van der Waals surface area contributed by atoms with Crippen molar-refractivity contribution >= 4 is 23.1 Å². The van der Waals surface area contributed by atoms with E-state index in [0.717, 1.165) is 0 Å². The number of rotatable bonds is 2. The van der Waals surface area contributed by atoms with Gasteiger partial charge in [0.1, 0.15) is 11.8 Å². The van der Waals surface area contributed by atoms with Crippen molar-refractivity contribution in [2.75, 3.05) is 7.11 Å². The lowest BCUT2D eigenvalue weighted by Gasteiger charge is -2.04. The first kappa shape index (κ1) is 14.2. The second kappa shape index (κ2) is 7.52. The normalized spacial score (nSPS) is 7.94. The number of hydrogen-bond donors (Lipinski definition) is 0. The summed E-state index contributed by atoms with van der Waals surface area (Å²) in [5, 5.41) is 10.7. The summed E-state index contributed by atoms with van der Waals surface area (Å²) in [6, 6.07) is 4.56. The summed E-state index contributed by atoms with van der Waals surface area (Å²) < 4.78 is 18.2. The number of halogens is 1. The molecule has 0 fully saturated rings. The molecule has 0 amide bonds. The van der Waals surface area contributed by atoms with E-state index < -0.39 is 5.82 Å². The van der Waals surface area contributed by atoms with E-state index in [4.69, 9.17) is 10.00 Å². The van der Waals surface area contributed by atoms with Gasteiger partial charge in [-0.3, -0.25) is 0 Å². The molecule has 3 nitrogen and oxygen atoms in total. The number of hydrogen-bond acceptors (Lipinski definition) is 4. The predicted molar refractivity (Wildman–Crippen MR) is 63.7 cm³/mol. The van der Waals surface area contributed by atoms with Crippen LogP contribution in [0.5, 0.6) is 5.75 Å². The highest BCUT2D eigenvalue weighted by Crippen LogP contribution is 2.29. The quantitative estimate of drug-likeness (QED) is 0.585. The van der Waals surface area contributed by atoms with Crippen LogP contribution in [-0.4, -0.2) is 12.3 Å². The van der Waals surface area contributed by atoms with E-state index in [1.807, 2.05) is 19.0 Å². The fraction of sp³-hybridized carbons (Fsp3) is 0.273. The van der Waals surface area contributed by atoms with E-state index in [0.29, 0.717) is 0 Å². The Morgan fingerprint density at radius 1 is 1.44 bits per heavy atom. The van der Waals surface area contributed by atoms with E-state index in [1.165, 1.54) is 19.2 Å². The molecule has 0 atom stereocenters. The molecular weight excluding hydrogens is 227 g/mol. The zero-order valence-electron chi connectivity index (χ0n) is 9.24. The van der Waals surface area contributed by atoms with Crippen molar-refractivity contribution in [3.05, 3.63) is 23.5 Å². The fourth-order valence-electron chi connectivity index (χ4n) is 0.969. The van der Waals surface area contributed by atoms with Crippen LogP contribution in [0.1, 0.15) is 19.4 Å². The third-order valence-electron chi connectivity index (χ3n) is 1.57. The van der Waals surface area contributed by atoms with Crippen LogP contribution in [-0.2, 0) is 0 Å². The van der Waals surface area contributed by atoms with Gasteiger partial charge in [0.25, 0.3) is 0 Å². The minimum atomic E-state index is -0.705. The first-order chi connectivity index (χ1) is 7.74. The molecule has 0 bridgehead atoms. The van der Waals surface area contributed by atoms with Gasteiger partial charge in [-0.05, 0) is 24.4 Å². The summed E-state index contributed by atoms with van der Waals surface area (Å²) in [6.07, 6.45) is 0. The first-order valence-electron chi connectivity index (χ1n) is 4.59. The monoisotopic (exact) mass is 238 g/mol. The van der Waals surface area contributed by atoms with Crippen molar-refractivity contribution in [3.63, 3.8) is 0 Å². The topological polar surface area (TPSA) is 45.4 Å². The Labute approximate surface area is 99.2 Å². The maximum absolute atomic E-state index is 13.5. The van der Waals surface area contributed by atoms with E-state index >= 15 is 0 Å². The van der Waals surface area contributed by atoms with Crippen molar-refractivity contribution in [3.8, 4) is 11.8 Å². The molecule has 5 heteroatoms. The fourth-order valence-corrected chi connectivity index (χ4v) is 1.07. The van der Waals surface area contributed by atoms with Crippen LogP contribution < -0.4 is 4.74 Å². The lowest BCUT2D eigenvalue weighted by molar-refractivity contribution is 0.386. The van der Waals surface area contributed by atoms with Crippen molar-refractivity contribution in [2.45, 2.75) is 13.8 Å². The summed E-state index contributed by atoms with van der Waals surface area (Å²) in [5.74, 6) is -0.831. The number of benzene rings is 1. The van der Waals surface area contributed by atoms with Crippen LogP contribution in [0.25, 0.3) is 0 Å². The maximum Gasteiger partial charge on any atom is 0.192 e. The number of nitrogens with zero attached hydrogens (tertiary/aromatic N) is 2. The lowest BCUT2D eigenvalue weighted by Crippen LogP contribution is -1.92. The predicted octanol–water partition coefficient (Wildman–Crippen LogP) is 3.47. The van der Waals surface area contributed by atoms with E-state index in [-0.39, 0.29) is 17.0 Å². The number of thiocarbonyl (C=S) groups is 1. The van der Waals surface area contributed by atoms with Gasteiger partial charge >= 0.3 is 0 Å². The molecule has 1 aromatic carbocycles. The minimum Gasteiger partial charge on any atom is -0.492 e. The number of methoxy groups -OCH3 is 1. The zero-order chi connectivity index (χ0) is 12.6. The van der Waals surface area contributed by atoms with E-state index in [2.05, 4.69) is 17.2 Å². The molecule has 0 saturated carbocycles. The Morgan fingerprint density at radius 2 is 2.06 bits per heavy atom. The Hall–Kier alpha value is -1.76. The number of isothiocyanates is 1. The van der Waals surface area contributed by atoms with Gasteiger partial charge in [0.15, 0.2) is 11.6 Å². The highest BCUT2D eigenvalue weighted by atomic mass is 32.1. The van der Waals surface area contributed by atoms with Crippen LogP contribution in [0.4, 0.5) is 10.1 Å². The second-order valence-corrected chi connectivity index (χ2v) is 2.48. The summed E-state index contributed by atoms with van der Waals surface area (Å²) >= 11 is 4.35. The molecule has 0 aliphatic heterocycles. The maximum atomic E-state index is 13.5. The van der Waals surface area contributed by atoms with Crippen LogP contribution in [0.2, 0.25) is 0 Å². The van der Waals surface area contributed by atoms with Crippen molar-refractivity contribution < 1.29 is 9.13 Å². The average Bonchev–Trinajstić information content (AvgIpc) is 2.34. The standard InChI is InChI=1S/C9H5FN2OS.C2H6/c1-13-9-6(4-11)2-3-7(8(9)10)12-5-14;1-2/h2-3H,1H3;1-2H3. The summed E-state index contributed by atoms with van der Waals surface area (Å²) in [6.45, 7) is 4.00. The Morgan fingerprint density at radius 3 is 2.50 bits per heavy atom. The van der Waals surface area contributed by atoms with Crippen LogP contribution in [0.3, 0.4) is 0 Å². The van der Waals surface area contributed by atoms with Crippen molar-refractivity contribution in [1.82, 2.24) is 0 Å². The van der Waals surface area contributed by atoms with Gasteiger partial charge in [0, 0.05) is 0 Å². The summed E-state index contributed by atoms with van der Waals surface area (Å²) in [7, 11) is 1.28. The van der Waals surface area contributed by atoms with Gasteiger partial charge in [0.05, 0.1) is 17.8 Å². The molecule has 0 unspecified atom stereocenters. The molecule has 0 aliphatic carbocycles. The highest BCUT2D eigenvalue weighted by molar-refractivity contribution is 7.78. The molecule has 16 heavy (non-hydrogen) atoms. The lowest BCUT2D eigenvalue weighted by atomic mass is 10.2. The number of aliphatic imine (C=N–C) groups is 1. The average molecular weight is 238 g/mol. The largest absolute Gasteiger partial charge is 0.492 e. The van der Waals surface area contributed by atoms with Gasteiger partial charge in [0.2, 0.25) is 0 Å². The van der Waals surface area contributed by atoms with Crippen LogP contribution >= 0.6 is 12.2 Å². The molecular formula is C11H11FN2OS. The molecule has 1 aromatic rings. The molecule has 84 valence electrons. The second-order valence-electron chi connectivity index (χ2n) is 2.29. The highest BCUT2D eigenvalue weighted by Gasteiger charge is 2.12. The van der Waals surface area contributed by atoms with E-state index in [1.54, 1.807) is 6.07 Å². The number of nitriles is 1. The van der Waals surface area contributed by atoms with Gasteiger partial charge < -0.3 is 4.74 Å². The molecule has 1 rings (SSSR count). The van der Waals surface area contributed by atoms with Crippen molar-refractivity contribution in [2.24, 2.45) is 4.99 Å². The first-order valence-corrected chi connectivity index (χ1v) is 5.00. The molecule has 0 saturated heterocycles. The molecule has 0 spiro atoms. The smallest absolute Gasteiger partial charge is 0.192 e. The van der Waals surface area contributed by atoms with Gasteiger partial charge in [-0.25, -0.2) is 4.39 Å². The SMILES string of the molecule is CC.COc1c(C#N)ccc(N=C=S)c1F. The van der Waals surface area contributed by atoms with E-state index in [9.17, 15) is 4.39 Å². The Kier molecular flexibility index (Phi) is 6.69. The third-order valence-corrected chi connectivity index (χ3v) is 1.66. The molecule has 0 N–H and O–H groups in total. The van der Waals surface area contributed by atoms with Gasteiger partial charge in [-0.15, -0.1) is 0 Å². The Bertz CT molecular complexity index is 448. The van der Waals surface area contributed by atoms with Gasteiger partial charge in [-0.1, -0.05) is 13.8 Å². The summed E-state index contributed by atoms with van der Waals surface area (Å²) in [5.41, 5.74) is 0.129. The van der Waals surface area contributed by atoms with Gasteiger partial charge in [-0.2, -0.15) is 10.3 Å². The summed E-state index contributed by atoms with van der Waals surface area (Å²) in [4.78, 5) is 3.49. The van der Waals surface area contributed by atoms with Crippen molar-refractivity contribution in [1.29, 1.82) is 5.26 Å². The third kappa shape index (κ3) is 3.13.